The van der Waals surface area contributed by atoms with Crippen LogP contribution in [0.1, 0.15) is 37.7 Å². The number of nitrogens with one attached hydrogen (secondary N) is 1. The summed E-state index contributed by atoms with van der Waals surface area (Å²) >= 11 is 0. The van der Waals surface area contributed by atoms with E-state index in [1.807, 2.05) is 56.0 Å². The molecule has 1 aromatic heterocycles. The topological polar surface area (TPSA) is 145 Å². The van der Waals surface area contributed by atoms with Crippen molar-refractivity contribution in [2.45, 2.75) is 33.2 Å². The van der Waals surface area contributed by atoms with Gasteiger partial charge in [0.05, 0.1) is 12.5 Å². The van der Waals surface area contributed by atoms with E-state index in [0.717, 1.165) is 12.0 Å². The predicted octanol–water partition coefficient (Wildman–Crippen LogP) is 2.36. The Morgan fingerprint density at radius 2 is 1.64 bits per heavy atom. The highest BCUT2D eigenvalue weighted by atomic mass is 16.6. The Bertz CT molecular complexity index is 1320. The zero-order chi connectivity index (χ0) is 30.0. The lowest BCUT2D eigenvalue weighted by molar-refractivity contribution is -0.139. The van der Waals surface area contributed by atoms with Crippen LogP contribution in [0.2, 0.25) is 0 Å². The van der Waals surface area contributed by atoms with Gasteiger partial charge in [0.25, 0.3) is 5.91 Å². The average molecular weight is 579 g/mol. The van der Waals surface area contributed by atoms with Crippen LogP contribution in [0.25, 0.3) is 11.4 Å². The molecule has 0 unspecified atom stereocenters. The number of carboxylic acid groups (broad SMARTS) is 1. The number of nitrogens with zero attached hydrogens (tertiary/aromatic N) is 5. The largest absolute Gasteiger partial charge is 0.481 e. The second-order valence-corrected chi connectivity index (χ2v) is 11.5. The monoisotopic (exact) mass is 578 g/mol. The number of carbonyl (C=O) groups excluding carboxylic acids is 3. The number of ether oxygens (including phenoxy) is 1. The van der Waals surface area contributed by atoms with Crippen molar-refractivity contribution in [1.29, 1.82) is 0 Å². The quantitative estimate of drug-likeness (QED) is 0.458. The number of rotatable bonds is 9. The highest BCUT2D eigenvalue weighted by Crippen LogP contribution is 2.52. The summed E-state index contributed by atoms with van der Waals surface area (Å²) in [5, 5.41) is 12.3. The van der Waals surface area contributed by atoms with Crippen LogP contribution >= 0.6 is 0 Å². The minimum atomic E-state index is -0.787. The van der Waals surface area contributed by atoms with Crippen LogP contribution < -0.4 is 10.2 Å². The Morgan fingerprint density at radius 1 is 1.00 bits per heavy atom. The molecule has 3 aliphatic rings. The molecule has 1 aliphatic carbocycles. The first kappa shape index (κ1) is 29.3. The fourth-order valence-electron chi connectivity index (χ4n) is 5.82. The van der Waals surface area contributed by atoms with E-state index < -0.39 is 17.9 Å². The highest BCUT2D eigenvalue weighted by molar-refractivity contribution is 5.97. The molecule has 3 fully saturated rings. The van der Waals surface area contributed by atoms with Gasteiger partial charge in [0.1, 0.15) is 17.6 Å². The maximum Gasteiger partial charge on any atom is 0.409 e. The Morgan fingerprint density at radius 3 is 2.24 bits per heavy atom. The Balaban J connectivity index is 1.31. The molecule has 2 N–H and O–H groups in total. The molecule has 0 radical (unpaired) electrons. The number of carboxylic acids is 1. The van der Waals surface area contributed by atoms with E-state index in [0.29, 0.717) is 57.5 Å². The van der Waals surface area contributed by atoms with Crippen molar-refractivity contribution in [3.8, 4) is 11.4 Å². The molecule has 1 saturated carbocycles. The Labute approximate surface area is 245 Å². The van der Waals surface area contributed by atoms with Gasteiger partial charge in [0, 0.05) is 50.9 Å². The predicted molar refractivity (Wildman–Crippen MR) is 154 cm³/mol. The van der Waals surface area contributed by atoms with Gasteiger partial charge < -0.3 is 29.9 Å². The molecule has 2 aliphatic heterocycles. The van der Waals surface area contributed by atoms with Gasteiger partial charge >= 0.3 is 12.1 Å². The van der Waals surface area contributed by atoms with Crippen LogP contribution in [0.3, 0.4) is 0 Å². The number of amides is 3. The molecule has 3 amide bonds. The lowest BCUT2D eigenvalue weighted by Crippen LogP contribution is -2.57. The van der Waals surface area contributed by atoms with Gasteiger partial charge in [-0.1, -0.05) is 51.1 Å². The minimum absolute atomic E-state index is 0.0758. The molecule has 2 saturated heterocycles. The summed E-state index contributed by atoms with van der Waals surface area (Å²) in [6, 6.07) is 10.2. The zero-order valence-corrected chi connectivity index (χ0v) is 24.2. The summed E-state index contributed by atoms with van der Waals surface area (Å²) < 4.78 is 5.21. The van der Waals surface area contributed by atoms with Gasteiger partial charge in [0.2, 0.25) is 5.91 Å². The fraction of sp³-hybridized carbons (Fsp3) is 0.533. The van der Waals surface area contributed by atoms with Crippen LogP contribution in [0.5, 0.6) is 0 Å². The summed E-state index contributed by atoms with van der Waals surface area (Å²) in [6.45, 7) is 8.57. The number of hydrogen-bond acceptors (Lipinski definition) is 8. The summed E-state index contributed by atoms with van der Waals surface area (Å²) in [6.07, 6.45) is 0.366. The number of anilines is 1. The molecule has 5 rings (SSSR count). The number of aromatic nitrogens is 2. The molecular formula is C30H38N6O6. The van der Waals surface area contributed by atoms with Crippen LogP contribution in [0.15, 0.2) is 36.4 Å². The molecule has 224 valence electrons. The summed E-state index contributed by atoms with van der Waals surface area (Å²) in [7, 11) is 0. The second kappa shape index (κ2) is 12.3. The van der Waals surface area contributed by atoms with Gasteiger partial charge in [-0.15, -0.1) is 0 Å². The molecule has 4 atom stereocenters. The third kappa shape index (κ3) is 6.17. The number of carbonyl (C=O) groups is 4. The van der Waals surface area contributed by atoms with Crippen molar-refractivity contribution in [1.82, 2.24) is 25.1 Å². The van der Waals surface area contributed by atoms with Gasteiger partial charge in [-0.2, -0.15) is 0 Å². The Hall–Kier alpha value is -4.22. The van der Waals surface area contributed by atoms with Crippen molar-refractivity contribution >= 4 is 29.7 Å². The molecule has 42 heavy (non-hydrogen) atoms. The lowest BCUT2D eigenvalue weighted by atomic mass is 10.0. The second-order valence-electron chi connectivity index (χ2n) is 11.5. The smallest absolute Gasteiger partial charge is 0.409 e. The molecule has 1 aromatic carbocycles. The van der Waals surface area contributed by atoms with E-state index in [1.165, 1.54) is 0 Å². The molecule has 0 bridgehead atoms. The zero-order valence-electron chi connectivity index (χ0n) is 24.2. The third-order valence-electron chi connectivity index (χ3n) is 8.28. The maximum atomic E-state index is 13.6. The number of aliphatic carboxylic acids is 1. The molecular weight excluding hydrogens is 540 g/mol. The summed E-state index contributed by atoms with van der Waals surface area (Å²) in [4.78, 5) is 65.4. The summed E-state index contributed by atoms with van der Waals surface area (Å²) in [5.41, 5.74) is 0.879. The van der Waals surface area contributed by atoms with Crippen LogP contribution in [0, 0.1) is 23.7 Å². The van der Waals surface area contributed by atoms with Gasteiger partial charge in [-0.05, 0) is 24.2 Å². The third-order valence-corrected chi connectivity index (χ3v) is 8.28. The first-order valence-electron chi connectivity index (χ1n) is 14.6. The fourth-order valence-corrected chi connectivity index (χ4v) is 5.82. The maximum absolute atomic E-state index is 13.6. The normalized spacial score (nSPS) is 22.0. The molecule has 12 heteroatoms. The number of hydrogen-bond donors (Lipinski definition) is 2. The van der Waals surface area contributed by atoms with E-state index in [4.69, 9.17) is 9.72 Å². The van der Waals surface area contributed by atoms with Crippen molar-refractivity contribution < 1.29 is 29.0 Å². The van der Waals surface area contributed by atoms with E-state index in [-0.39, 0.29) is 41.4 Å². The number of fused-ring (bicyclic) bond motifs is 1. The van der Waals surface area contributed by atoms with Crippen molar-refractivity contribution in [3.05, 3.63) is 42.1 Å². The minimum Gasteiger partial charge on any atom is -0.481 e. The van der Waals surface area contributed by atoms with Crippen LogP contribution in [0.4, 0.5) is 10.6 Å². The average Bonchev–Trinajstić information content (AvgIpc) is 3.52. The van der Waals surface area contributed by atoms with E-state index in [2.05, 4.69) is 10.3 Å². The van der Waals surface area contributed by atoms with Crippen LogP contribution in [-0.4, -0.2) is 101 Å². The van der Waals surface area contributed by atoms with Crippen molar-refractivity contribution in [2.24, 2.45) is 23.7 Å². The molecule has 2 aromatic rings. The standard InChI is InChI=1S/C30H38N6O6/c1-4-14-42-30(41)35-12-10-34(11-13-35)28(38)25(18(2)3)33-27(37)22-15-23(32-26(31-22)19-8-6-5-7-9-19)36-16-20-21(17-36)24(20)29(39)40/h5-9,15,18,20-21,24-25H,4,10-14,16-17H2,1-3H3,(H,33,37)(H,39,40)/t20-,21+,24-,25-/m0/s1. The highest BCUT2D eigenvalue weighted by Gasteiger charge is 2.60. The first-order chi connectivity index (χ1) is 20.2. The first-order valence-corrected chi connectivity index (χ1v) is 14.6. The number of piperazine rings is 1. The van der Waals surface area contributed by atoms with Gasteiger partial charge in [-0.25, -0.2) is 14.8 Å². The van der Waals surface area contributed by atoms with E-state index in [9.17, 15) is 24.3 Å². The molecule has 3 heterocycles. The van der Waals surface area contributed by atoms with Crippen molar-refractivity contribution in [2.75, 3.05) is 50.8 Å². The SMILES string of the molecule is CCCOC(=O)N1CCN(C(=O)[C@@H](NC(=O)c2cc(N3C[C@@H]4[C@H](C3)[C@@H]4C(=O)O)nc(-c3ccccc3)n2)C(C)C)CC1. The molecule has 0 spiro atoms. The van der Waals surface area contributed by atoms with Crippen molar-refractivity contribution in [3.63, 3.8) is 0 Å². The van der Waals surface area contributed by atoms with Gasteiger partial charge in [0.15, 0.2) is 5.82 Å². The van der Waals surface area contributed by atoms with E-state index in [1.54, 1.807) is 15.9 Å². The number of piperidine rings is 1. The molecule has 12 nitrogen and oxygen atoms in total. The van der Waals surface area contributed by atoms with Gasteiger partial charge in [-0.3, -0.25) is 14.4 Å². The van der Waals surface area contributed by atoms with E-state index >= 15 is 0 Å². The van der Waals surface area contributed by atoms with Crippen LogP contribution in [-0.2, 0) is 14.3 Å². The number of benzene rings is 1. The Kier molecular flexibility index (Phi) is 8.60. The lowest BCUT2D eigenvalue weighted by Gasteiger charge is -2.36. The summed E-state index contributed by atoms with van der Waals surface area (Å²) in [5.74, 6) is -0.882.